The predicted octanol–water partition coefficient (Wildman–Crippen LogP) is 4.89. The molecule has 0 fully saturated rings. The van der Waals surface area contributed by atoms with E-state index in [9.17, 15) is 4.79 Å². The van der Waals surface area contributed by atoms with Gasteiger partial charge in [0, 0.05) is 30.2 Å². The molecule has 24 heavy (non-hydrogen) atoms. The summed E-state index contributed by atoms with van der Waals surface area (Å²) in [5, 5.41) is 7.08. The van der Waals surface area contributed by atoms with Crippen LogP contribution in [0.15, 0.2) is 42.5 Å². The topological polar surface area (TPSA) is 41.1 Å². The molecular formula is C20H25ClN2O. The third kappa shape index (κ3) is 5.08. The molecule has 0 saturated heterocycles. The Kier molecular flexibility index (Phi) is 6.83. The number of nitrogens with one attached hydrogen (secondary N) is 2. The molecule has 0 aliphatic rings. The minimum Gasteiger partial charge on any atom is -0.326 e. The van der Waals surface area contributed by atoms with E-state index in [0.717, 1.165) is 21.8 Å². The Hall–Kier alpha value is -1.84. The van der Waals surface area contributed by atoms with Crippen molar-refractivity contribution in [2.45, 2.75) is 39.7 Å². The molecule has 2 aromatic rings. The molecule has 0 unspecified atom stereocenters. The van der Waals surface area contributed by atoms with Crippen molar-refractivity contribution < 1.29 is 4.79 Å². The van der Waals surface area contributed by atoms with E-state index in [1.807, 2.05) is 43.3 Å². The fourth-order valence-electron chi connectivity index (χ4n) is 2.61. The van der Waals surface area contributed by atoms with Crippen LogP contribution >= 0.6 is 11.6 Å². The van der Waals surface area contributed by atoms with Crippen LogP contribution in [0.5, 0.6) is 0 Å². The van der Waals surface area contributed by atoms with Crippen LogP contribution in [0.25, 0.3) is 0 Å². The monoisotopic (exact) mass is 344 g/mol. The largest absolute Gasteiger partial charge is 0.326 e. The first-order valence-electron chi connectivity index (χ1n) is 8.32. The van der Waals surface area contributed by atoms with E-state index in [4.69, 9.17) is 11.6 Å². The Labute approximate surface area is 149 Å². The molecule has 0 atom stereocenters. The van der Waals surface area contributed by atoms with Gasteiger partial charge in [-0.15, -0.1) is 0 Å². The van der Waals surface area contributed by atoms with Crippen molar-refractivity contribution in [3.63, 3.8) is 0 Å². The van der Waals surface area contributed by atoms with Gasteiger partial charge in [0.25, 0.3) is 0 Å². The lowest BCUT2D eigenvalue weighted by Crippen LogP contribution is -2.22. The third-order valence-electron chi connectivity index (χ3n) is 3.99. The lowest BCUT2D eigenvalue weighted by Gasteiger charge is -2.16. The number of anilines is 1. The second kappa shape index (κ2) is 8.86. The molecule has 0 radical (unpaired) electrons. The number of hydrogen-bond donors (Lipinski definition) is 2. The number of amides is 1. The molecule has 2 aromatic carbocycles. The van der Waals surface area contributed by atoms with Crippen LogP contribution in [0.3, 0.4) is 0 Å². The van der Waals surface area contributed by atoms with Gasteiger partial charge in [-0.3, -0.25) is 4.79 Å². The second-order valence-electron chi connectivity index (χ2n) is 6.26. The summed E-state index contributed by atoms with van der Waals surface area (Å²) in [5.41, 5.74) is 4.26. The highest BCUT2D eigenvalue weighted by Crippen LogP contribution is 2.27. The molecule has 3 nitrogen and oxygen atoms in total. The van der Waals surface area contributed by atoms with Gasteiger partial charge in [-0.05, 0) is 35.6 Å². The number of rotatable bonds is 7. The maximum Gasteiger partial charge on any atom is 0.225 e. The molecule has 0 aliphatic heterocycles. The van der Waals surface area contributed by atoms with Crippen LogP contribution in [-0.2, 0) is 11.3 Å². The summed E-state index contributed by atoms with van der Waals surface area (Å²) in [6.07, 6.45) is 0.427. The maximum atomic E-state index is 12.2. The second-order valence-corrected chi connectivity index (χ2v) is 6.67. The quantitative estimate of drug-likeness (QED) is 0.702. The number of para-hydroxylation sites is 1. The average molecular weight is 345 g/mol. The highest BCUT2D eigenvalue weighted by atomic mass is 35.5. The maximum absolute atomic E-state index is 12.2. The van der Waals surface area contributed by atoms with Crippen molar-refractivity contribution >= 4 is 23.2 Å². The highest BCUT2D eigenvalue weighted by Gasteiger charge is 2.11. The summed E-state index contributed by atoms with van der Waals surface area (Å²) >= 11 is 6.12. The Morgan fingerprint density at radius 1 is 1.12 bits per heavy atom. The van der Waals surface area contributed by atoms with E-state index in [1.165, 1.54) is 5.56 Å². The Morgan fingerprint density at radius 2 is 1.88 bits per heavy atom. The standard InChI is InChI=1S/C20H25ClN2O/c1-14(2)17-9-6-7-15(3)20(17)23-19(24)11-12-22-13-16-8-4-5-10-18(16)21/h4-10,14,22H,11-13H2,1-3H3,(H,23,24). The van der Waals surface area contributed by atoms with Gasteiger partial charge in [0.2, 0.25) is 5.91 Å². The van der Waals surface area contributed by atoms with Gasteiger partial charge in [-0.1, -0.05) is 61.8 Å². The van der Waals surface area contributed by atoms with Crippen LogP contribution in [0, 0.1) is 6.92 Å². The van der Waals surface area contributed by atoms with Crippen LogP contribution in [0.4, 0.5) is 5.69 Å². The van der Waals surface area contributed by atoms with E-state index >= 15 is 0 Å². The third-order valence-corrected chi connectivity index (χ3v) is 4.36. The number of carbonyl (C=O) groups excluding carboxylic acids is 1. The van der Waals surface area contributed by atoms with Gasteiger partial charge >= 0.3 is 0 Å². The van der Waals surface area contributed by atoms with Gasteiger partial charge in [0.1, 0.15) is 0 Å². The van der Waals surface area contributed by atoms with Crippen LogP contribution < -0.4 is 10.6 Å². The zero-order chi connectivity index (χ0) is 17.5. The summed E-state index contributed by atoms with van der Waals surface area (Å²) < 4.78 is 0. The average Bonchev–Trinajstić information content (AvgIpc) is 2.54. The van der Waals surface area contributed by atoms with Crippen molar-refractivity contribution in [3.05, 3.63) is 64.2 Å². The SMILES string of the molecule is Cc1cccc(C(C)C)c1NC(=O)CCNCc1ccccc1Cl. The molecule has 0 heterocycles. The number of hydrogen-bond acceptors (Lipinski definition) is 2. The first-order chi connectivity index (χ1) is 11.5. The molecule has 0 bridgehead atoms. The summed E-state index contributed by atoms with van der Waals surface area (Å²) in [6, 6.07) is 13.9. The Bertz CT molecular complexity index is 698. The van der Waals surface area contributed by atoms with Crippen LogP contribution in [0.2, 0.25) is 5.02 Å². The molecule has 1 amide bonds. The van der Waals surface area contributed by atoms with Crippen molar-refractivity contribution in [2.75, 3.05) is 11.9 Å². The van der Waals surface area contributed by atoms with Gasteiger partial charge in [0.05, 0.1) is 0 Å². The van der Waals surface area contributed by atoms with Gasteiger partial charge < -0.3 is 10.6 Å². The molecular weight excluding hydrogens is 320 g/mol. The van der Waals surface area contributed by atoms with E-state index in [1.54, 1.807) is 0 Å². The van der Waals surface area contributed by atoms with E-state index < -0.39 is 0 Å². The molecule has 0 aliphatic carbocycles. The van der Waals surface area contributed by atoms with Crippen LogP contribution in [0.1, 0.15) is 42.9 Å². The van der Waals surface area contributed by atoms with E-state index in [2.05, 4.69) is 30.5 Å². The zero-order valence-corrected chi connectivity index (χ0v) is 15.3. The van der Waals surface area contributed by atoms with Crippen LogP contribution in [-0.4, -0.2) is 12.5 Å². The Balaban J connectivity index is 1.85. The molecule has 2 rings (SSSR count). The van der Waals surface area contributed by atoms with Gasteiger partial charge in [-0.2, -0.15) is 0 Å². The molecule has 0 aromatic heterocycles. The molecule has 0 spiro atoms. The minimum atomic E-state index is 0.0258. The van der Waals surface area contributed by atoms with Gasteiger partial charge in [0.15, 0.2) is 0 Å². The molecule has 0 saturated carbocycles. The summed E-state index contributed by atoms with van der Waals surface area (Å²) in [7, 11) is 0. The lowest BCUT2D eigenvalue weighted by molar-refractivity contribution is -0.116. The van der Waals surface area contributed by atoms with E-state index in [0.29, 0.717) is 25.4 Å². The fourth-order valence-corrected chi connectivity index (χ4v) is 2.81. The molecule has 4 heteroatoms. The normalized spacial score (nSPS) is 10.9. The predicted molar refractivity (Wildman–Crippen MR) is 102 cm³/mol. The number of aryl methyl sites for hydroxylation is 1. The van der Waals surface area contributed by atoms with Crippen molar-refractivity contribution in [1.29, 1.82) is 0 Å². The molecule has 128 valence electrons. The first kappa shape index (κ1) is 18.5. The van der Waals surface area contributed by atoms with E-state index in [-0.39, 0.29) is 5.91 Å². The molecule has 2 N–H and O–H groups in total. The lowest BCUT2D eigenvalue weighted by atomic mass is 9.98. The number of halogens is 1. The number of carbonyl (C=O) groups is 1. The fraction of sp³-hybridized carbons (Fsp3) is 0.350. The first-order valence-corrected chi connectivity index (χ1v) is 8.70. The summed E-state index contributed by atoms with van der Waals surface area (Å²) in [6.45, 7) is 7.57. The smallest absolute Gasteiger partial charge is 0.225 e. The summed E-state index contributed by atoms with van der Waals surface area (Å²) in [5.74, 6) is 0.399. The number of benzene rings is 2. The van der Waals surface area contributed by atoms with Gasteiger partial charge in [-0.25, -0.2) is 0 Å². The summed E-state index contributed by atoms with van der Waals surface area (Å²) in [4.78, 5) is 12.2. The highest BCUT2D eigenvalue weighted by molar-refractivity contribution is 6.31. The minimum absolute atomic E-state index is 0.0258. The van der Waals surface area contributed by atoms with Crippen molar-refractivity contribution in [3.8, 4) is 0 Å². The Morgan fingerprint density at radius 3 is 2.58 bits per heavy atom. The van der Waals surface area contributed by atoms with Crippen molar-refractivity contribution in [2.24, 2.45) is 0 Å². The zero-order valence-electron chi connectivity index (χ0n) is 14.5. The van der Waals surface area contributed by atoms with Crippen molar-refractivity contribution in [1.82, 2.24) is 5.32 Å².